The molecule has 6 nitrogen and oxygen atoms in total. The van der Waals surface area contributed by atoms with Crippen LogP contribution in [0.4, 0.5) is 0 Å². The molecule has 0 unspecified atom stereocenters. The van der Waals surface area contributed by atoms with Crippen LogP contribution in [-0.4, -0.2) is 28.9 Å². The predicted octanol–water partition coefficient (Wildman–Crippen LogP) is 0.921. The first-order chi connectivity index (χ1) is 9.00. The van der Waals surface area contributed by atoms with Crippen LogP contribution >= 0.6 is 0 Å². The Morgan fingerprint density at radius 2 is 2.05 bits per heavy atom. The standard InChI is InChI=1S/C12H16N4O2S/c1-3-19(17,18)15-6-10-4-11(7-13-5-10)12-8-14-16(2)9-12/h4-5,7-9,15H,3,6H2,1-2H3. The molecule has 0 saturated carbocycles. The lowest BCUT2D eigenvalue weighted by Gasteiger charge is -2.05. The van der Waals surface area contributed by atoms with Crippen molar-refractivity contribution < 1.29 is 8.42 Å². The second kappa shape index (κ2) is 5.50. The maximum Gasteiger partial charge on any atom is 0.211 e. The SMILES string of the molecule is CCS(=O)(=O)NCc1cncc(-c2cnn(C)c2)c1. The average molecular weight is 280 g/mol. The fraction of sp³-hybridized carbons (Fsp3) is 0.333. The minimum absolute atomic E-state index is 0.0721. The molecule has 0 aromatic carbocycles. The molecule has 0 aliphatic heterocycles. The van der Waals surface area contributed by atoms with Crippen LogP contribution in [0.5, 0.6) is 0 Å². The van der Waals surface area contributed by atoms with Crippen LogP contribution < -0.4 is 4.72 Å². The highest BCUT2D eigenvalue weighted by Gasteiger charge is 2.07. The first-order valence-corrected chi connectivity index (χ1v) is 7.55. The third-order valence-corrected chi connectivity index (χ3v) is 4.05. The summed E-state index contributed by atoms with van der Waals surface area (Å²) in [5.74, 6) is 0.0721. The van der Waals surface area contributed by atoms with Crippen LogP contribution in [0, 0.1) is 0 Å². The van der Waals surface area contributed by atoms with Gasteiger partial charge in [0.1, 0.15) is 0 Å². The summed E-state index contributed by atoms with van der Waals surface area (Å²) in [6.07, 6.45) is 7.01. The van der Waals surface area contributed by atoms with Crippen LogP contribution in [0.3, 0.4) is 0 Å². The molecule has 0 aliphatic carbocycles. The van der Waals surface area contributed by atoms with Gasteiger partial charge in [-0.2, -0.15) is 5.10 Å². The van der Waals surface area contributed by atoms with E-state index in [0.717, 1.165) is 16.7 Å². The molecule has 7 heteroatoms. The van der Waals surface area contributed by atoms with Crippen molar-refractivity contribution in [3.05, 3.63) is 36.4 Å². The zero-order valence-electron chi connectivity index (χ0n) is 10.9. The van der Waals surface area contributed by atoms with Gasteiger partial charge in [-0.05, 0) is 18.6 Å². The lowest BCUT2D eigenvalue weighted by molar-refractivity contribution is 0.582. The van der Waals surface area contributed by atoms with Crippen molar-refractivity contribution in [2.75, 3.05) is 5.75 Å². The van der Waals surface area contributed by atoms with Gasteiger partial charge in [0.05, 0.1) is 11.9 Å². The van der Waals surface area contributed by atoms with Crippen LogP contribution in [0.15, 0.2) is 30.9 Å². The Morgan fingerprint density at radius 1 is 1.26 bits per heavy atom. The van der Waals surface area contributed by atoms with Crippen LogP contribution in [0.25, 0.3) is 11.1 Å². The van der Waals surface area contributed by atoms with Crippen molar-refractivity contribution in [2.45, 2.75) is 13.5 Å². The number of nitrogens with zero attached hydrogens (tertiary/aromatic N) is 3. The van der Waals surface area contributed by atoms with Gasteiger partial charge in [0.2, 0.25) is 10.0 Å². The highest BCUT2D eigenvalue weighted by atomic mass is 32.2. The average Bonchev–Trinajstić information content (AvgIpc) is 2.84. The van der Waals surface area contributed by atoms with Gasteiger partial charge in [0.15, 0.2) is 0 Å². The number of pyridine rings is 1. The predicted molar refractivity (Wildman–Crippen MR) is 72.7 cm³/mol. The molecule has 0 saturated heterocycles. The van der Waals surface area contributed by atoms with Crippen molar-refractivity contribution in [1.82, 2.24) is 19.5 Å². The van der Waals surface area contributed by atoms with E-state index in [1.54, 1.807) is 30.2 Å². The van der Waals surface area contributed by atoms with Crippen LogP contribution in [0.1, 0.15) is 12.5 Å². The van der Waals surface area contributed by atoms with Gasteiger partial charge in [0, 0.05) is 43.3 Å². The van der Waals surface area contributed by atoms with E-state index in [-0.39, 0.29) is 12.3 Å². The van der Waals surface area contributed by atoms with Crippen molar-refractivity contribution >= 4 is 10.0 Å². The topological polar surface area (TPSA) is 76.9 Å². The van der Waals surface area contributed by atoms with Crippen molar-refractivity contribution in [2.24, 2.45) is 7.05 Å². The molecule has 2 heterocycles. The highest BCUT2D eigenvalue weighted by molar-refractivity contribution is 7.89. The molecule has 0 spiro atoms. The Kier molecular flexibility index (Phi) is 3.96. The van der Waals surface area contributed by atoms with Crippen LogP contribution in [0.2, 0.25) is 0 Å². The van der Waals surface area contributed by atoms with Crippen molar-refractivity contribution in [1.29, 1.82) is 0 Å². The fourth-order valence-corrected chi connectivity index (χ4v) is 2.20. The minimum Gasteiger partial charge on any atom is -0.275 e. The monoisotopic (exact) mass is 280 g/mol. The highest BCUT2D eigenvalue weighted by Crippen LogP contribution is 2.18. The lowest BCUT2D eigenvalue weighted by Crippen LogP contribution is -2.24. The third-order valence-electron chi connectivity index (χ3n) is 2.71. The molecule has 2 aromatic rings. The molecule has 0 bridgehead atoms. The molecule has 0 amide bonds. The first-order valence-electron chi connectivity index (χ1n) is 5.90. The van der Waals surface area contributed by atoms with E-state index in [4.69, 9.17) is 0 Å². The molecular weight excluding hydrogens is 264 g/mol. The minimum atomic E-state index is -3.19. The summed E-state index contributed by atoms with van der Waals surface area (Å²) >= 11 is 0. The summed E-state index contributed by atoms with van der Waals surface area (Å²) in [6.45, 7) is 1.85. The van der Waals surface area contributed by atoms with Crippen molar-refractivity contribution in [3.63, 3.8) is 0 Å². The molecule has 102 valence electrons. The van der Waals surface area contributed by atoms with Crippen LogP contribution in [-0.2, 0) is 23.6 Å². The Hall–Kier alpha value is -1.73. The number of hydrogen-bond acceptors (Lipinski definition) is 4. The zero-order valence-corrected chi connectivity index (χ0v) is 11.7. The van der Waals surface area contributed by atoms with E-state index < -0.39 is 10.0 Å². The molecule has 0 fully saturated rings. The smallest absolute Gasteiger partial charge is 0.211 e. The van der Waals surface area contributed by atoms with Gasteiger partial charge in [-0.3, -0.25) is 9.67 Å². The maximum atomic E-state index is 11.4. The van der Waals surface area contributed by atoms with Gasteiger partial charge in [-0.15, -0.1) is 0 Å². The summed E-state index contributed by atoms with van der Waals surface area (Å²) in [5.41, 5.74) is 2.69. The largest absolute Gasteiger partial charge is 0.275 e. The molecular formula is C12H16N4O2S. The third kappa shape index (κ3) is 3.62. The summed E-state index contributed by atoms with van der Waals surface area (Å²) in [6, 6.07) is 1.90. The summed E-state index contributed by atoms with van der Waals surface area (Å²) in [5, 5.41) is 4.10. The Labute approximate surface area is 112 Å². The van der Waals surface area contributed by atoms with Crippen molar-refractivity contribution in [3.8, 4) is 11.1 Å². The second-order valence-corrected chi connectivity index (χ2v) is 6.30. The summed E-state index contributed by atoms with van der Waals surface area (Å²) in [4.78, 5) is 4.12. The number of aromatic nitrogens is 3. The Bertz CT molecular complexity index is 664. The van der Waals surface area contributed by atoms with Gasteiger partial charge >= 0.3 is 0 Å². The normalized spacial score (nSPS) is 11.7. The number of rotatable bonds is 5. The number of sulfonamides is 1. The van der Waals surface area contributed by atoms with Gasteiger partial charge < -0.3 is 0 Å². The van der Waals surface area contributed by atoms with E-state index in [1.807, 2.05) is 19.3 Å². The molecule has 19 heavy (non-hydrogen) atoms. The van der Waals surface area contributed by atoms with E-state index in [1.165, 1.54) is 0 Å². The van der Waals surface area contributed by atoms with Gasteiger partial charge in [0.25, 0.3) is 0 Å². The number of hydrogen-bond donors (Lipinski definition) is 1. The number of nitrogens with one attached hydrogen (secondary N) is 1. The van der Waals surface area contributed by atoms with E-state index in [2.05, 4.69) is 14.8 Å². The Morgan fingerprint density at radius 3 is 2.68 bits per heavy atom. The number of aryl methyl sites for hydroxylation is 1. The molecule has 0 aliphatic rings. The maximum absolute atomic E-state index is 11.4. The zero-order chi connectivity index (χ0) is 13.9. The quantitative estimate of drug-likeness (QED) is 0.883. The summed E-state index contributed by atoms with van der Waals surface area (Å²) in [7, 11) is -1.34. The first kappa shape index (κ1) is 13.7. The molecule has 2 aromatic heterocycles. The molecule has 1 N–H and O–H groups in total. The molecule has 0 radical (unpaired) electrons. The van der Waals surface area contributed by atoms with E-state index >= 15 is 0 Å². The fourth-order valence-electron chi connectivity index (χ4n) is 1.61. The van der Waals surface area contributed by atoms with E-state index in [0.29, 0.717) is 0 Å². The Balaban J connectivity index is 2.16. The lowest BCUT2D eigenvalue weighted by atomic mass is 10.1. The molecule has 2 rings (SSSR count). The molecule has 0 atom stereocenters. The van der Waals surface area contributed by atoms with Gasteiger partial charge in [-0.25, -0.2) is 13.1 Å². The van der Waals surface area contributed by atoms with Gasteiger partial charge in [-0.1, -0.05) is 0 Å². The second-order valence-electron chi connectivity index (χ2n) is 4.21. The summed E-state index contributed by atoms with van der Waals surface area (Å²) < 4.78 is 27.0. The van der Waals surface area contributed by atoms with E-state index in [9.17, 15) is 8.42 Å².